The van der Waals surface area contributed by atoms with Gasteiger partial charge in [-0.3, -0.25) is 0 Å². The Morgan fingerprint density at radius 2 is 2.00 bits per heavy atom. The van der Waals surface area contributed by atoms with Crippen LogP contribution < -0.4 is 10.5 Å². The maximum absolute atomic E-state index is 13.9. The molecule has 0 saturated carbocycles. The highest BCUT2D eigenvalue weighted by atomic mass is 32.2. The largest absolute Gasteiger partial charge is 0.380 e. The van der Waals surface area contributed by atoms with Crippen LogP contribution in [0.4, 0.5) is 8.78 Å². The quantitative estimate of drug-likeness (QED) is 0.810. The minimum absolute atomic E-state index is 0.133. The van der Waals surface area contributed by atoms with Crippen LogP contribution in [-0.4, -0.2) is 20.0 Å². The van der Waals surface area contributed by atoms with Crippen molar-refractivity contribution in [1.82, 2.24) is 5.32 Å². The summed E-state index contributed by atoms with van der Waals surface area (Å²) in [6.07, 6.45) is 1.02. The predicted octanol–water partition coefficient (Wildman–Crippen LogP) is 1.41. The Morgan fingerprint density at radius 3 is 2.58 bits per heavy atom. The van der Waals surface area contributed by atoms with Crippen molar-refractivity contribution in [3.05, 3.63) is 29.3 Å². The lowest BCUT2D eigenvalue weighted by Gasteiger charge is -2.24. The molecule has 2 rings (SSSR count). The second-order valence-electron chi connectivity index (χ2n) is 4.37. The van der Waals surface area contributed by atoms with E-state index >= 15 is 0 Å². The summed E-state index contributed by atoms with van der Waals surface area (Å²) in [5.41, 5.74) is 0.133. The molecule has 1 aliphatic rings. The zero-order valence-electron chi connectivity index (χ0n) is 9.82. The van der Waals surface area contributed by atoms with Crippen molar-refractivity contribution in [2.45, 2.75) is 23.7 Å². The number of sulfonamides is 1. The second-order valence-corrected chi connectivity index (χ2v) is 6.39. The molecule has 1 heterocycles. The van der Waals surface area contributed by atoms with Gasteiger partial charge in [-0.2, -0.15) is 0 Å². The molecule has 1 aromatic carbocycles. The number of primary sulfonamides is 1. The fraction of sp³-hybridized carbons (Fsp3) is 0.364. The first kappa shape index (κ1) is 14.3. The predicted molar refractivity (Wildman–Crippen MR) is 70.3 cm³/mol. The normalized spacial score (nSPS) is 20.2. The molecular weight excluding hydrogens is 294 g/mol. The van der Waals surface area contributed by atoms with Crippen molar-refractivity contribution >= 4 is 27.2 Å². The summed E-state index contributed by atoms with van der Waals surface area (Å²) >= 11 is 5.00. The molecule has 19 heavy (non-hydrogen) atoms. The van der Waals surface area contributed by atoms with E-state index in [0.717, 1.165) is 6.07 Å². The molecule has 0 radical (unpaired) electrons. The van der Waals surface area contributed by atoms with Gasteiger partial charge in [0, 0.05) is 13.0 Å². The van der Waals surface area contributed by atoms with E-state index < -0.39 is 26.6 Å². The highest BCUT2D eigenvalue weighted by Gasteiger charge is 2.26. The lowest BCUT2D eigenvalue weighted by molar-refractivity contribution is 0.460. The fourth-order valence-corrected chi connectivity index (χ4v) is 3.03. The van der Waals surface area contributed by atoms with Crippen LogP contribution in [0.2, 0.25) is 0 Å². The van der Waals surface area contributed by atoms with Crippen LogP contribution in [0.5, 0.6) is 0 Å². The molecule has 1 unspecified atom stereocenters. The van der Waals surface area contributed by atoms with E-state index in [4.69, 9.17) is 17.4 Å². The minimum atomic E-state index is -4.27. The number of hydrogen-bond donors (Lipinski definition) is 2. The third-order valence-corrected chi connectivity index (χ3v) is 4.31. The number of rotatable bonds is 2. The molecule has 1 atom stereocenters. The van der Waals surface area contributed by atoms with Gasteiger partial charge in [0.05, 0.1) is 4.99 Å². The van der Waals surface area contributed by atoms with E-state index in [1.54, 1.807) is 0 Å². The Bertz CT molecular complexity index is 632. The summed E-state index contributed by atoms with van der Waals surface area (Å²) in [5.74, 6) is -2.84. The van der Waals surface area contributed by atoms with Gasteiger partial charge in [0.2, 0.25) is 10.0 Å². The van der Waals surface area contributed by atoms with Crippen LogP contribution in [0.15, 0.2) is 17.0 Å². The molecule has 0 aromatic heterocycles. The van der Waals surface area contributed by atoms with Gasteiger partial charge in [0.1, 0.15) is 4.90 Å². The van der Waals surface area contributed by atoms with Crippen molar-refractivity contribution in [2.75, 3.05) is 6.54 Å². The Morgan fingerprint density at radius 1 is 1.32 bits per heavy atom. The van der Waals surface area contributed by atoms with Crippen LogP contribution in [-0.2, 0) is 10.0 Å². The standard InChI is InChI=1S/C11H12F2N2O2S2/c12-10-7(6-3-4-15-9(18)5-6)1-2-8(11(10)13)19(14,16)17/h1-2,6H,3-5H2,(H,15,18)(H2,14,16,17). The Hall–Kier alpha value is -1.12. The number of thiocarbonyl (C=S) groups is 1. The van der Waals surface area contributed by atoms with Crippen LogP contribution in [0.1, 0.15) is 24.3 Å². The lowest BCUT2D eigenvalue weighted by Crippen LogP contribution is -2.31. The van der Waals surface area contributed by atoms with Gasteiger partial charge in [0.15, 0.2) is 11.6 Å². The van der Waals surface area contributed by atoms with Crippen molar-refractivity contribution in [3.63, 3.8) is 0 Å². The van der Waals surface area contributed by atoms with Crippen LogP contribution in [0, 0.1) is 11.6 Å². The van der Waals surface area contributed by atoms with E-state index in [1.165, 1.54) is 6.07 Å². The van der Waals surface area contributed by atoms with Gasteiger partial charge in [-0.25, -0.2) is 22.3 Å². The molecule has 0 spiro atoms. The summed E-state index contributed by atoms with van der Waals surface area (Å²) in [5, 5.41) is 7.76. The molecule has 1 aliphatic heterocycles. The van der Waals surface area contributed by atoms with Crippen LogP contribution in [0.25, 0.3) is 0 Å². The maximum atomic E-state index is 13.9. The van der Waals surface area contributed by atoms with Gasteiger partial charge in [-0.1, -0.05) is 18.3 Å². The number of halogens is 2. The topological polar surface area (TPSA) is 72.2 Å². The van der Waals surface area contributed by atoms with Crippen LogP contribution in [0.3, 0.4) is 0 Å². The van der Waals surface area contributed by atoms with Crippen molar-refractivity contribution < 1.29 is 17.2 Å². The zero-order valence-corrected chi connectivity index (χ0v) is 11.5. The highest BCUT2D eigenvalue weighted by molar-refractivity contribution is 7.89. The number of benzene rings is 1. The SMILES string of the molecule is NS(=O)(=O)c1ccc(C2CCNC(=S)C2)c(F)c1F. The molecule has 4 nitrogen and oxygen atoms in total. The van der Waals surface area contributed by atoms with E-state index in [1.807, 2.05) is 0 Å². The Labute approximate surface area is 115 Å². The first-order valence-corrected chi connectivity index (χ1v) is 7.53. The Balaban J connectivity index is 2.44. The van der Waals surface area contributed by atoms with Crippen molar-refractivity contribution in [3.8, 4) is 0 Å². The van der Waals surface area contributed by atoms with Gasteiger partial charge in [0.25, 0.3) is 0 Å². The zero-order chi connectivity index (χ0) is 14.2. The second kappa shape index (κ2) is 5.10. The summed E-state index contributed by atoms with van der Waals surface area (Å²) in [4.78, 5) is -0.239. The molecule has 8 heteroatoms. The van der Waals surface area contributed by atoms with Gasteiger partial charge >= 0.3 is 0 Å². The number of nitrogens with one attached hydrogen (secondary N) is 1. The highest BCUT2D eigenvalue weighted by Crippen LogP contribution is 2.31. The third kappa shape index (κ3) is 2.90. The van der Waals surface area contributed by atoms with Crippen molar-refractivity contribution in [2.24, 2.45) is 5.14 Å². The van der Waals surface area contributed by atoms with E-state index in [2.05, 4.69) is 5.32 Å². The summed E-state index contributed by atoms with van der Waals surface area (Å²) < 4.78 is 49.8. The van der Waals surface area contributed by atoms with Crippen LogP contribution >= 0.6 is 12.2 Å². The molecule has 0 bridgehead atoms. The number of nitrogens with two attached hydrogens (primary N) is 1. The smallest absolute Gasteiger partial charge is 0.241 e. The maximum Gasteiger partial charge on any atom is 0.241 e. The van der Waals surface area contributed by atoms with E-state index in [9.17, 15) is 17.2 Å². The molecule has 1 saturated heterocycles. The molecular formula is C11H12F2N2O2S2. The molecule has 0 amide bonds. The molecule has 3 N–H and O–H groups in total. The number of hydrogen-bond acceptors (Lipinski definition) is 3. The molecule has 0 aliphatic carbocycles. The molecule has 104 valence electrons. The molecule has 1 fully saturated rings. The van der Waals surface area contributed by atoms with Crippen molar-refractivity contribution in [1.29, 1.82) is 0 Å². The summed E-state index contributed by atoms with van der Waals surface area (Å²) in [7, 11) is -4.27. The third-order valence-electron chi connectivity index (χ3n) is 3.07. The van der Waals surface area contributed by atoms with Gasteiger partial charge in [-0.05, 0) is 24.0 Å². The van der Waals surface area contributed by atoms with E-state index in [-0.39, 0.29) is 11.5 Å². The first-order valence-electron chi connectivity index (χ1n) is 5.58. The minimum Gasteiger partial charge on any atom is -0.380 e. The summed E-state index contributed by atoms with van der Waals surface area (Å²) in [6, 6.07) is 2.25. The monoisotopic (exact) mass is 306 g/mol. The average Bonchev–Trinajstić information content (AvgIpc) is 2.31. The van der Waals surface area contributed by atoms with Gasteiger partial charge in [-0.15, -0.1) is 0 Å². The lowest BCUT2D eigenvalue weighted by atomic mass is 9.90. The Kier molecular flexibility index (Phi) is 3.84. The summed E-state index contributed by atoms with van der Waals surface area (Å²) in [6.45, 7) is 0.585. The fourth-order valence-electron chi connectivity index (χ4n) is 2.13. The van der Waals surface area contributed by atoms with E-state index in [0.29, 0.717) is 24.4 Å². The first-order chi connectivity index (χ1) is 8.80. The van der Waals surface area contributed by atoms with Gasteiger partial charge < -0.3 is 5.32 Å². The average molecular weight is 306 g/mol. The number of piperidine rings is 1. The molecule has 1 aromatic rings.